The molecule has 4 atom stereocenters. The first-order valence-corrected chi connectivity index (χ1v) is 12.2. The zero-order chi connectivity index (χ0) is 22.8. The Bertz CT molecular complexity index is 670. The number of rotatable bonds is 8. The second-order valence-corrected chi connectivity index (χ2v) is 10.9. The van der Waals surface area contributed by atoms with Crippen molar-refractivity contribution in [2.24, 2.45) is 11.3 Å². The fourth-order valence-corrected chi connectivity index (χ4v) is 5.10. The van der Waals surface area contributed by atoms with E-state index in [0.29, 0.717) is 31.7 Å². The molecule has 31 heavy (non-hydrogen) atoms. The highest BCUT2D eigenvalue weighted by Crippen LogP contribution is 2.41. The predicted molar refractivity (Wildman–Crippen MR) is 119 cm³/mol. The van der Waals surface area contributed by atoms with Crippen molar-refractivity contribution in [1.29, 1.82) is 0 Å². The molecule has 0 spiro atoms. The lowest BCUT2D eigenvalue weighted by molar-refractivity contribution is -0.159. The second kappa shape index (κ2) is 9.88. The molecular formula is C24H41N3O4. The van der Waals surface area contributed by atoms with Crippen molar-refractivity contribution >= 4 is 17.7 Å². The number of likely N-dealkylation sites (tertiary alicyclic amines) is 1. The zero-order valence-electron chi connectivity index (χ0n) is 19.7. The molecule has 2 aliphatic carbocycles. The summed E-state index contributed by atoms with van der Waals surface area (Å²) in [6.07, 6.45) is 7.10. The molecule has 7 nitrogen and oxygen atoms in total. The highest BCUT2D eigenvalue weighted by atomic mass is 16.3. The van der Waals surface area contributed by atoms with Gasteiger partial charge in [-0.05, 0) is 49.9 Å². The molecule has 0 radical (unpaired) electrons. The van der Waals surface area contributed by atoms with Gasteiger partial charge in [0.2, 0.25) is 18.0 Å². The van der Waals surface area contributed by atoms with E-state index in [9.17, 15) is 19.5 Å². The van der Waals surface area contributed by atoms with E-state index < -0.39 is 18.2 Å². The van der Waals surface area contributed by atoms with Crippen LogP contribution in [0.4, 0.5) is 0 Å². The van der Waals surface area contributed by atoms with Crippen molar-refractivity contribution in [2.45, 2.75) is 116 Å². The highest BCUT2D eigenvalue weighted by Gasteiger charge is 2.49. The van der Waals surface area contributed by atoms with Gasteiger partial charge in [0.15, 0.2) is 0 Å². The van der Waals surface area contributed by atoms with Crippen molar-refractivity contribution < 1.29 is 19.5 Å². The van der Waals surface area contributed by atoms with Crippen LogP contribution >= 0.6 is 0 Å². The lowest BCUT2D eigenvalue weighted by Gasteiger charge is -2.37. The van der Waals surface area contributed by atoms with Gasteiger partial charge >= 0.3 is 0 Å². The molecule has 1 heterocycles. The summed E-state index contributed by atoms with van der Waals surface area (Å²) in [5.74, 6) is -0.428. The van der Waals surface area contributed by atoms with Gasteiger partial charge in [-0.1, -0.05) is 47.0 Å². The van der Waals surface area contributed by atoms with E-state index in [1.165, 1.54) is 4.90 Å². The third-order valence-electron chi connectivity index (χ3n) is 6.83. The maximum atomic E-state index is 13.7. The number of amides is 3. The number of nitrogens with one attached hydrogen (secondary N) is 1. The molecule has 1 aliphatic heterocycles. The van der Waals surface area contributed by atoms with Crippen LogP contribution in [0.2, 0.25) is 0 Å². The summed E-state index contributed by atoms with van der Waals surface area (Å²) >= 11 is 0. The van der Waals surface area contributed by atoms with E-state index in [1.807, 2.05) is 32.6 Å². The molecule has 3 aliphatic rings. The van der Waals surface area contributed by atoms with Crippen molar-refractivity contribution in [3.05, 3.63) is 0 Å². The summed E-state index contributed by atoms with van der Waals surface area (Å²) in [4.78, 5) is 42.7. The van der Waals surface area contributed by atoms with Gasteiger partial charge in [-0.25, -0.2) is 0 Å². The van der Waals surface area contributed by atoms with Crippen molar-refractivity contribution in [1.82, 2.24) is 15.1 Å². The van der Waals surface area contributed by atoms with Gasteiger partial charge in [0, 0.05) is 25.0 Å². The summed E-state index contributed by atoms with van der Waals surface area (Å²) in [5, 5.41) is 13.6. The van der Waals surface area contributed by atoms with E-state index in [1.54, 1.807) is 0 Å². The van der Waals surface area contributed by atoms with E-state index >= 15 is 0 Å². The van der Waals surface area contributed by atoms with E-state index in [2.05, 4.69) is 5.32 Å². The van der Waals surface area contributed by atoms with Gasteiger partial charge in [0.25, 0.3) is 5.91 Å². The predicted octanol–water partition coefficient (Wildman–Crippen LogP) is 2.81. The molecule has 2 N–H and O–H groups in total. The van der Waals surface area contributed by atoms with Gasteiger partial charge in [-0.2, -0.15) is 0 Å². The monoisotopic (exact) mass is 435 g/mol. The minimum atomic E-state index is -1.50. The molecule has 0 bridgehead atoms. The minimum absolute atomic E-state index is 0.0209. The summed E-state index contributed by atoms with van der Waals surface area (Å²) in [5.41, 5.74) is -0.164. The molecule has 2 saturated carbocycles. The van der Waals surface area contributed by atoms with E-state index in [-0.39, 0.29) is 29.3 Å². The molecule has 0 aromatic rings. The first kappa shape index (κ1) is 24.0. The molecule has 7 heteroatoms. The number of carbonyl (C=O) groups excluding carboxylic acids is 3. The maximum Gasteiger partial charge on any atom is 0.270 e. The van der Waals surface area contributed by atoms with Crippen molar-refractivity contribution in [3.8, 4) is 0 Å². The average molecular weight is 436 g/mol. The molecule has 3 fully saturated rings. The minimum Gasteiger partial charge on any atom is -0.365 e. The summed E-state index contributed by atoms with van der Waals surface area (Å²) in [6.45, 7) is 8.45. The van der Waals surface area contributed by atoms with Crippen LogP contribution in [0, 0.1) is 11.3 Å². The Kier molecular flexibility index (Phi) is 7.66. The van der Waals surface area contributed by atoms with E-state index in [4.69, 9.17) is 0 Å². The van der Waals surface area contributed by atoms with Gasteiger partial charge < -0.3 is 20.2 Å². The Morgan fingerprint density at radius 3 is 2.42 bits per heavy atom. The van der Waals surface area contributed by atoms with Gasteiger partial charge in [0.05, 0.1) is 0 Å². The number of aliphatic hydroxyl groups is 1. The summed E-state index contributed by atoms with van der Waals surface area (Å²) < 4.78 is 0. The van der Waals surface area contributed by atoms with Gasteiger partial charge in [-0.15, -0.1) is 0 Å². The fraction of sp³-hybridized carbons (Fsp3) is 0.875. The van der Waals surface area contributed by atoms with Crippen LogP contribution in [0.15, 0.2) is 0 Å². The molecular weight excluding hydrogens is 394 g/mol. The number of aliphatic hydroxyl groups excluding tert-OH is 1. The number of nitrogens with zero attached hydrogens (tertiary/aromatic N) is 2. The Labute approximate surface area is 186 Å². The molecule has 3 amide bonds. The molecule has 176 valence electrons. The molecule has 0 aromatic carbocycles. The van der Waals surface area contributed by atoms with Crippen LogP contribution < -0.4 is 5.32 Å². The number of unbranched alkanes of at least 4 members (excludes halogenated alkanes) is 1. The molecule has 0 aromatic heterocycles. The van der Waals surface area contributed by atoms with Crippen molar-refractivity contribution in [3.63, 3.8) is 0 Å². The topological polar surface area (TPSA) is 90.0 Å². The summed E-state index contributed by atoms with van der Waals surface area (Å²) in [6, 6.07) is -0.365. The van der Waals surface area contributed by atoms with E-state index in [0.717, 1.165) is 44.9 Å². The largest absolute Gasteiger partial charge is 0.365 e. The second-order valence-electron chi connectivity index (χ2n) is 10.9. The quantitative estimate of drug-likeness (QED) is 0.574. The number of fused-ring (bicyclic) bond motifs is 1. The lowest BCUT2D eigenvalue weighted by atomic mass is 9.84. The first-order valence-electron chi connectivity index (χ1n) is 12.2. The van der Waals surface area contributed by atoms with Crippen LogP contribution in [0.5, 0.6) is 0 Å². The third-order valence-corrected chi connectivity index (χ3v) is 6.83. The first-order chi connectivity index (χ1) is 14.6. The van der Waals surface area contributed by atoms with Crippen LogP contribution in [0.1, 0.15) is 91.9 Å². The van der Waals surface area contributed by atoms with Crippen LogP contribution in [0.25, 0.3) is 0 Å². The lowest BCUT2D eigenvalue weighted by Crippen LogP contribution is -2.57. The average Bonchev–Trinajstić information content (AvgIpc) is 3.42. The van der Waals surface area contributed by atoms with Crippen LogP contribution in [-0.4, -0.2) is 63.5 Å². The maximum absolute atomic E-state index is 13.7. The zero-order valence-corrected chi connectivity index (χ0v) is 19.7. The molecule has 1 saturated heterocycles. The van der Waals surface area contributed by atoms with Gasteiger partial charge in [0.1, 0.15) is 6.04 Å². The number of hydrogen-bond acceptors (Lipinski definition) is 4. The molecule has 4 unspecified atom stereocenters. The highest BCUT2D eigenvalue weighted by molar-refractivity contribution is 5.92. The smallest absolute Gasteiger partial charge is 0.270 e. The van der Waals surface area contributed by atoms with Crippen LogP contribution in [-0.2, 0) is 14.4 Å². The molecule has 3 rings (SSSR count). The standard InChI is InChI=1S/C24H41N3O4/c1-5-6-13-26(23(31)21(29)25-17-11-12-17)22(30)19-14-16-9-7-8-10-18(16)27(19)20(28)15-24(2,3)4/h16-19,23,31H,5-15H2,1-4H3,(H,25,29). The Morgan fingerprint density at radius 1 is 1.13 bits per heavy atom. The number of carbonyl (C=O) groups is 3. The Balaban J connectivity index is 1.82. The van der Waals surface area contributed by atoms with Gasteiger partial charge in [-0.3, -0.25) is 14.4 Å². The normalized spacial score (nSPS) is 26.9. The van der Waals surface area contributed by atoms with Crippen LogP contribution in [0.3, 0.4) is 0 Å². The number of hydrogen-bond donors (Lipinski definition) is 2. The Hall–Kier alpha value is -1.63. The third kappa shape index (κ3) is 5.99. The fourth-order valence-electron chi connectivity index (χ4n) is 5.10. The summed E-state index contributed by atoms with van der Waals surface area (Å²) in [7, 11) is 0. The SMILES string of the molecule is CCCCN(C(=O)C1CC2CCCCC2N1C(=O)CC(C)(C)C)C(O)C(=O)NC1CC1. The Morgan fingerprint density at radius 2 is 1.81 bits per heavy atom. The van der Waals surface area contributed by atoms with Crippen molar-refractivity contribution in [2.75, 3.05) is 6.54 Å².